The maximum atomic E-state index is 12.6. The van der Waals surface area contributed by atoms with Crippen LogP contribution in [0.2, 0.25) is 5.02 Å². The Morgan fingerprint density at radius 3 is 2.70 bits per heavy atom. The van der Waals surface area contributed by atoms with Gasteiger partial charge in [0, 0.05) is 37.2 Å². The summed E-state index contributed by atoms with van der Waals surface area (Å²) in [6.45, 7) is 3.98. The molecule has 112 valence electrons. The third-order valence-electron chi connectivity index (χ3n) is 3.80. The smallest absolute Gasteiger partial charge is 0.243 e. The fraction of sp³-hybridized carbons (Fsp3) is 0.538. The van der Waals surface area contributed by atoms with Crippen LogP contribution >= 0.6 is 11.6 Å². The summed E-state index contributed by atoms with van der Waals surface area (Å²) in [6.07, 6.45) is 0. The lowest BCUT2D eigenvalue weighted by Crippen LogP contribution is -2.51. The molecule has 1 saturated heterocycles. The van der Waals surface area contributed by atoms with Crippen LogP contribution < -0.4 is 5.73 Å². The third-order valence-corrected chi connectivity index (χ3v) is 6.03. The van der Waals surface area contributed by atoms with Gasteiger partial charge in [0.25, 0.3) is 0 Å². The molecular formula is C13H20ClN3O2S. The van der Waals surface area contributed by atoms with E-state index >= 15 is 0 Å². The van der Waals surface area contributed by atoms with E-state index in [1.807, 2.05) is 14.0 Å². The second-order valence-corrected chi connectivity index (χ2v) is 7.50. The van der Waals surface area contributed by atoms with Crippen molar-refractivity contribution in [2.75, 3.05) is 26.7 Å². The molecule has 5 nitrogen and oxygen atoms in total. The van der Waals surface area contributed by atoms with E-state index in [-0.39, 0.29) is 17.5 Å². The SMILES string of the molecule is CC1CN(S(=O)(=O)c2ccc(Cl)c(CN)c2)CCN1C. The Bertz CT molecular complexity index is 591. The Morgan fingerprint density at radius 2 is 2.10 bits per heavy atom. The van der Waals surface area contributed by atoms with Gasteiger partial charge in [-0.25, -0.2) is 8.42 Å². The molecule has 1 fully saturated rings. The number of likely N-dealkylation sites (N-methyl/N-ethyl adjacent to an activating group) is 1. The Kier molecular flexibility index (Phi) is 4.71. The first-order chi connectivity index (χ1) is 9.36. The zero-order chi connectivity index (χ0) is 14.9. The van der Waals surface area contributed by atoms with Crippen LogP contribution in [-0.2, 0) is 16.6 Å². The minimum Gasteiger partial charge on any atom is -0.326 e. The average molecular weight is 318 g/mol. The van der Waals surface area contributed by atoms with Crippen LogP contribution in [0, 0.1) is 0 Å². The van der Waals surface area contributed by atoms with E-state index in [4.69, 9.17) is 17.3 Å². The van der Waals surface area contributed by atoms with Gasteiger partial charge in [0.1, 0.15) is 0 Å². The first-order valence-corrected chi connectivity index (χ1v) is 8.37. The average Bonchev–Trinajstić information content (AvgIpc) is 2.42. The molecule has 0 aliphatic carbocycles. The molecule has 1 unspecified atom stereocenters. The van der Waals surface area contributed by atoms with Crippen LogP contribution in [0.5, 0.6) is 0 Å². The molecule has 1 aliphatic rings. The van der Waals surface area contributed by atoms with Gasteiger partial charge in [-0.05, 0) is 37.7 Å². The molecule has 1 aromatic rings. The van der Waals surface area contributed by atoms with Crippen molar-refractivity contribution in [1.29, 1.82) is 0 Å². The molecule has 0 aromatic heterocycles. The zero-order valence-corrected chi connectivity index (χ0v) is 13.3. The van der Waals surface area contributed by atoms with Gasteiger partial charge in [-0.1, -0.05) is 11.6 Å². The highest BCUT2D eigenvalue weighted by molar-refractivity contribution is 7.89. The molecule has 1 atom stereocenters. The zero-order valence-electron chi connectivity index (χ0n) is 11.7. The lowest BCUT2D eigenvalue weighted by Gasteiger charge is -2.36. The number of rotatable bonds is 3. The van der Waals surface area contributed by atoms with Gasteiger partial charge in [-0.15, -0.1) is 0 Å². The van der Waals surface area contributed by atoms with Crippen molar-refractivity contribution in [3.05, 3.63) is 28.8 Å². The molecule has 0 radical (unpaired) electrons. The van der Waals surface area contributed by atoms with Gasteiger partial charge in [0.05, 0.1) is 4.90 Å². The number of sulfonamides is 1. The summed E-state index contributed by atoms with van der Waals surface area (Å²) in [5, 5.41) is 0.498. The molecule has 2 rings (SSSR count). The van der Waals surface area contributed by atoms with Crippen LogP contribution in [0.3, 0.4) is 0 Å². The highest BCUT2D eigenvalue weighted by atomic mass is 35.5. The molecular weight excluding hydrogens is 298 g/mol. The fourth-order valence-electron chi connectivity index (χ4n) is 2.25. The molecule has 0 saturated carbocycles. The summed E-state index contributed by atoms with van der Waals surface area (Å²) in [5.41, 5.74) is 6.23. The number of hydrogen-bond acceptors (Lipinski definition) is 4. The van der Waals surface area contributed by atoms with Gasteiger partial charge in [0.15, 0.2) is 0 Å². The van der Waals surface area contributed by atoms with E-state index in [2.05, 4.69) is 4.90 Å². The molecule has 7 heteroatoms. The van der Waals surface area contributed by atoms with Gasteiger partial charge in [0.2, 0.25) is 10.0 Å². The number of piperazine rings is 1. The van der Waals surface area contributed by atoms with Crippen molar-refractivity contribution in [1.82, 2.24) is 9.21 Å². The first-order valence-electron chi connectivity index (χ1n) is 6.55. The quantitative estimate of drug-likeness (QED) is 0.907. The minimum absolute atomic E-state index is 0.208. The predicted molar refractivity (Wildman–Crippen MR) is 80.2 cm³/mol. The van der Waals surface area contributed by atoms with Crippen LogP contribution in [0.1, 0.15) is 12.5 Å². The monoisotopic (exact) mass is 317 g/mol. The van der Waals surface area contributed by atoms with Crippen molar-refractivity contribution in [2.24, 2.45) is 5.73 Å². The topological polar surface area (TPSA) is 66.6 Å². The molecule has 0 spiro atoms. The van der Waals surface area contributed by atoms with E-state index < -0.39 is 10.0 Å². The summed E-state index contributed by atoms with van der Waals surface area (Å²) in [7, 11) is -1.47. The Morgan fingerprint density at radius 1 is 1.40 bits per heavy atom. The van der Waals surface area contributed by atoms with Crippen molar-refractivity contribution >= 4 is 21.6 Å². The number of halogens is 1. The highest BCUT2D eigenvalue weighted by Gasteiger charge is 2.30. The molecule has 1 aliphatic heterocycles. The van der Waals surface area contributed by atoms with Crippen molar-refractivity contribution < 1.29 is 8.42 Å². The van der Waals surface area contributed by atoms with E-state index in [1.165, 1.54) is 4.31 Å². The number of benzene rings is 1. The Hall–Kier alpha value is -0.660. The van der Waals surface area contributed by atoms with Gasteiger partial charge < -0.3 is 10.6 Å². The molecule has 2 N–H and O–H groups in total. The number of hydrogen-bond donors (Lipinski definition) is 1. The molecule has 1 heterocycles. The van der Waals surface area contributed by atoms with Gasteiger partial charge in [-0.3, -0.25) is 0 Å². The molecule has 20 heavy (non-hydrogen) atoms. The maximum absolute atomic E-state index is 12.6. The second kappa shape index (κ2) is 5.99. The minimum atomic E-state index is -3.48. The lowest BCUT2D eigenvalue weighted by atomic mass is 10.2. The van der Waals surface area contributed by atoms with Crippen molar-refractivity contribution in [3.63, 3.8) is 0 Å². The first kappa shape index (κ1) is 15.7. The molecule has 0 bridgehead atoms. The van der Waals surface area contributed by atoms with Crippen LogP contribution in [0.4, 0.5) is 0 Å². The largest absolute Gasteiger partial charge is 0.326 e. The third kappa shape index (κ3) is 2.99. The van der Waals surface area contributed by atoms with Gasteiger partial charge in [-0.2, -0.15) is 4.31 Å². The molecule has 1 aromatic carbocycles. The Balaban J connectivity index is 2.31. The van der Waals surface area contributed by atoms with E-state index in [0.29, 0.717) is 23.7 Å². The summed E-state index contributed by atoms with van der Waals surface area (Å²) < 4.78 is 26.8. The lowest BCUT2D eigenvalue weighted by molar-refractivity contribution is 0.159. The number of nitrogens with zero attached hydrogens (tertiary/aromatic N) is 2. The summed E-state index contributed by atoms with van der Waals surface area (Å²) >= 11 is 5.98. The fourth-order valence-corrected chi connectivity index (χ4v) is 4.01. The summed E-state index contributed by atoms with van der Waals surface area (Å²) in [4.78, 5) is 2.42. The predicted octanol–water partition coefficient (Wildman–Crippen LogP) is 1.12. The summed E-state index contributed by atoms with van der Waals surface area (Å²) in [5.74, 6) is 0. The van der Waals surface area contributed by atoms with Crippen molar-refractivity contribution in [3.8, 4) is 0 Å². The van der Waals surface area contributed by atoms with E-state index in [1.54, 1.807) is 18.2 Å². The standard InChI is InChI=1S/C13H20ClN3O2S/c1-10-9-17(6-5-16(10)2)20(18,19)12-3-4-13(14)11(7-12)8-15/h3-4,7,10H,5-6,8-9,15H2,1-2H3. The van der Waals surface area contributed by atoms with E-state index in [9.17, 15) is 8.42 Å². The van der Waals surface area contributed by atoms with Crippen LogP contribution in [0.25, 0.3) is 0 Å². The second-order valence-electron chi connectivity index (χ2n) is 5.15. The van der Waals surface area contributed by atoms with Crippen molar-refractivity contribution in [2.45, 2.75) is 24.4 Å². The summed E-state index contributed by atoms with van der Waals surface area (Å²) in [6, 6.07) is 4.91. The Labute approximate surface area is 125 Å². The highest BCUT2D eigenvalue weighted by Crippen LogP contribution is 2.24. The normalized spacial score (nSPS) is 22.1. The van der Waals surface area contributed by atoms with E-state index in [0.717, 1.165) is 6.54 Å². The molecule has 0 amide bonds. The van der Waals surface area contributed by atoms with Crippen LogP contribution in [-0.4, -0.2) is 50.3 Å². The van der Waals surface area contributed by atoms with Gasteiger partial charge >= 0.3 is 0 Å². The number of nitrogens with two attached hydrogens (primary N) is 1. The maximum Gasteiger partial charge on any atom is 0.243 e. The van der Waals surface area contributed by atoms with Crippen LogP contribution in [0.15, 0.2) is 23.1 Å².